The van der Waals surface area contributed by atoms with Crippen molar-refractivity contribution in [3.8, 4) is 22.6 Å². The zero-order chi connectivity index (χ0) is 30.1. The van der Waals surface area contributed by atoms with Crippen LogP contribution in [-0.2, 0) is 7.05 Å². The first-order valence-electron chi connectivity index (χ1n) is 14.8. The maximum Gasteiger partial charge on any atom is 0.259 e. The second kappa shape index (κ2) is 12.4. The van der Waals surface area contributed by atoms with E-state index in [1.165, 1.54) is 12.8 Å². The number of ether oxygens (including phenoxy) is 1. The highest BCUT2D eigenvalue weighted by molar-refractivity contribution is 6.36. The first kappa shape index (κ1) is 29.9. The van der Waals surface area contributed by atoms with Crippen LogP contribution in [0.15, 0.2) is 42.5 Å². The molecule has 5 rings (SSSR count). The molecule has 4 aromatic rings. The van der Waals surface area contributed by atoms with Crippen LogP contribution in [0, 0.1) is 11.8 Å². The molecule has 2 N–H and O–H groups in total. The van der Waals surface area contributed by atoms with Gasteiger partial charge < -0.3 is 19.3 Å². The van der Waals surface area contributed by atoms with E-state index >= 15 is 0 Å². The lowest BCUT2D eigenvalue weighted by Crippen LogP contribution is -2.29. The summed E-state index contributed by atoms with van der Waals surface area (Å²) >= 11 is 6.52. The lowest BCUT2D eigenvalue weighted by Gasteiger charge is -2.24. The van der Waals surface area contributed by atoms with Crippen molar-refractivity contribution < 1.29 is 19.4 Å². The van der Waals surface area contributed by atoms with Crippen LogP contribution >= 0.6 is 11.6 Å². The summed E-state index contributed by atoms with van der Waals surface area (Å²) in [5.74, 6) is 0.814. The van der Waals surface area contributed by atoms with E-state index in [9.17, 15) is 14.7 Å². The van der Waals surface area contributed by atoms with Crippen molar-refractivity contribution in [3.63, 3.8) is 0 Å². The Bertz CT molecular complexity index is 1640. The Morgan fingerprint density at radius 3 is 2.24 bits per heavy atom. The number of halogens is 1. The van der Waals surface area contributed by atoms with Gasteiger partial charge in [-0.15, -0.1) is 0 Å². The minimum atomic E-state index is -0.458. The third kappa shape index (κ3) is 5.86. The molecule has 0 spiro atoms. The number of nitrogens with one attached hydrogen (secondary N) is 1. The van der Waals surface area contributed by atoms with Gasteiger partial charge in [0.05, 0.1) is 28.8 Å². The Balaban J connectivity index is 1.46. The number of fused-ring (bicyclic) bond motifs is 5. The average Bonchev–Trinajstić information content (AvgIpc) is 3.39. The number of rotatable bonds is 12. The summed E-state index contributed by atoms with van der Waals surface area (Å²) in [5, 5.41) is 15.2. The second-order valence-electron chi connectivity index (χ2n) is 12.1. The molecule has 2 heterocycles. The summed E-state index contributed by atoms with van der Waals surface area (Å²) in [5.41, 5.74) is 3.42. The highest BCUT2D eigenvalue weighted by atomic mass is 35.5. The lowest BCUT2D eigenvalue weighted by atomic mass is 9.93. The standard InChI is InChI=1S/C34H40ClN3O4/c1-20(2)11-14-38(15-12-21(3)4)13-8-16-42-29-19-26-24(18-28(29)39)30-27(37(26)5)17-23(22-9-6-7-10-25(22)35)31-32(30)34(41)36-33(31)40/h6-7,9-10,17-21,39H,8,11-16H2,1-5H3,(H,36,40,41). The molecule has 1 aliphatic heterocycles. The monoisotopic (exact) mass is 589 g/mol. The zero-order valence-corrected chi connectivity index (χ0v) is 25.8. The van der Waals surface area contributed by atoms with Gasteiger partial charge in [0.25, 0.3) is 11.8 Å². The molecule has 42 heavy (non-hydrogen) atoms. The predicted molar refractivity (Wildman–Crippen MR) is 170 cm³/mol. The van der Waals surface area contributed by atoms with E-state index < -0.39 is 11.8 Å². The van der Waals surface area contributed by atoms with E-state index in [0.29, 0.717) is 62.2 Å². The number of benzene rings is 3. The van der Waals surface area contributed by atoms with Crippen molar-refractivity contribution in [1.29, 1.82) is 0 Å². The fourth-order valence-electron chi connectivity index (χ4n) is 5.76. The number of carbonyl (C=O) groups is 2. The van der Waals surface area contributed by atoms with Gasteiger partial charge in [-0.1, -0.05) is 57.5 Å². The van der Waals surface area contributed by atoms with Crippen molar-refractivity contribution in [1.82, 2.24) is 14.8 Å². The SMILES string of the molecule is CC(C)CCN(CCCOc1cc2c(cc1O)c1c3c(c(-c4ccccc4Cl)cc1n2C)C(=O)NC3=O)CCC(C)C. The minimum absolute atomic E-state index is 0.000124. The summed E-state index contributed by atoms with van der Waals surface area (Å²) in [7, 11) is 1.91. The van der Waals surface area contributed by atoms with Gasteiger partial charge >= 0.3 is 0 Å². The lowest BCUT2D eigenvalue weighted by molar-refractivity contribution is 0.0880. The molecule has 2 amide bonds. The van der Waals surface area contributed by atoms with Crippen LogP contribution < -0.4 is 10.1 Å². The van der Waals surface area contributed by atoms with E-state index in [1.807, 2.05) is 41.9 Å². The van der Waals surface area contributed by atoms with E-state index in [4.69, 9.17) is 16.3 Å². The van der Waals surface area contributed by atoms with Gasteiger partial charge in [0.15, 0.2) is 11.5 Å². The van der Waals surface area contributed by atoms with Gasteiger partial charge in [0.1, 0.15) is 0 Å². The number of aryl methyl sites for hydroxylation is 1. The molecular formula is C34H40ClN3O4. The number of phenols is 1. The molecule has 1 aromatic heterocycles. The summed E-state index contributed by atoms with van der Waals surface area (Å²) < 4.78 is 8.06. The first-order chi connectivity index (χ1) is 20.1. The summed E-state index contributed by atoms with van der Waals surface area (Å²) in [6.07, 6.45) is 3.19. The number of phenolic OH excluding ortho intramolecular Hbond substituents is 1. The number of aromatic hydroxyl groups is 1. The van der Waals surface area contributed by atoms with E-state index in [-0.39, 0.29) is 5.75 Å². The van der Waals surface area contributed by atoms with Gasteiger partial charge in [-0.05, 0) is 68.0 Å². The van der Waals surface area contributed by atoms with Crippen molar-refractivity contribution in [2.24, 2.45) is 18.9 Å². The smallest absolute Gasteiger partial charge is 0.259 e. The second-order valence-corrected chi connectivity index (χ2v) is 12.5. The molecule has 8 heteroatoms. The highest BCUT2D eigenvalue weighted by Crippen LogP contribution is 2.44. The third-order valence-corrected chi connectivity index (χ3v) is 8.47. The molecular weight excluding hydrogens is 550 g/mol. The Kier molecular flexibility index (Phi) is 8.81. The summed E-state index contributed by atoms with van der Waals surface area (Å²) in [6.45, 7) is 12.6. The molecule has 0 saturated heterocycles. The van der Waals surface area contributed by atoms with Crippen LogP contribution in [0.4, 0.5) is 0 Å². The fraction of sp³-hybridized carbons (Fsp3) is 0.412. The molecule has 0 bridgehead atoms. The van der Waals surface area contributed by atoms with Crippen LogP contribution in [-0.4, -0.2) is 52.6 Å². The molecule has 0 fully saturated rings. The maximum atomic E-state index is 13.1. The number of amides is 2. The molecule has 3 aromatic carbocycles. The molecule has 222 valence electrons. The maximum absolute atomic E-state index is 13.1. The number of hydrogen-bond acceptors (Lipinski definition) is 5. The first-order valence-corrected chi connectivity index (χ1v) is 15.2. The van der Waals surface area contributed by atoms with Gasteiger partial charge in [0, 0.05) is 41.0 Å². The van der Waals surface area contributed by atoms with Gasteiger partial charge in [-0.2, -0.15) is 0 Å². The van der Waals surface area contributed by atoms with E-state index in [2.05, 4.69) is 37.9 Å². The molecule has 0 unspecified atom stereocenters. The van der Waals surface area contributed by atoms with Crippen molar-refractivity contribution in [2.45, 2.75) is 47.0 Å². The highest BCUT2D eigenvalue weighted by Gasteiger charge is 2.35. The number of imide groups is 1. The quantitative estimate of drug-likeness (QED) is 0.133. The summed E-state index contributed by atoms with van der Waals surface area (Å²) in [4.78, 5) is 28.6. The van der Waals surface area contributed by atoms with Crippen molar-refractivity contribution in [2.75, 3.05) is 26.2 Å². The third-order valence-electron chi connectivity index (χ3n) is 8.14. The normalized spacial score (nSPS) is 13.3. The average molecular weight is 590 g/mol. The predicted octanol–water partition coefficient (Wildman–Crippen LogP) is 7.40. The topological polar surface area (TPSA) is 83.8 Å². The van der Waals surface area contributed by atoms with Crippen molar-refractivity contribution >= 4 is 45.2 Å². The number of aromatic nitrogens is 1. The van der Waals surface area contributed by atoms with Crippen molar-refractivity contribution in [3.05, 3.63) is 58.6 Å². The molecule has 0 radical (unpaired) electrons. The van der Waals surface area contributed by atoms with Crippen LogP contribution in [0.5, 0.6) is 11.5 Å². The molecule has 7 nitrogen and oxygen atoms in total. The molecule has 1 aliphatic rings. The Labute approximate surface area is 252 Å². The van der Waals surface area contributed by atoms with E-state index in [1.54, 1.807) is 12.1 Å². The fourth-order valence-corrected chi connectivity index (χ4v) is 5.99. The Morgan fingerprint density at radius 1 is 0.905 bits per heavy atom. The number of carbonyl (C=O) groups excluding carboxylic acids is 2. The van der Waals surface area contributed by atoms with E-state index in [0.717, 1.165) is 37.1 Å². The van der Waals surface area contributed by atoms with Crippen LogP contribution in [0.3, 0.4) is 0 Å². The molecule has 0 saturated carbocycles. The summed E-state index contributed by atoms with van der Waals surface area (Å²) in [6, 6.07) is 12.6. The molecule has 0 atom stereocenters. The van der Waals surface area contributed by atoms with Gasteiger partial charge in [0.2, 0.25) is 0 Å². The van der Waals surface area contributed by atoms with Crippen LogP contribution in [0.1, 0.15) is 67.7 Å². The number of nitrogens with zero attached hydrogens (tertiary/aromatic N) is 2. The van der Waals surface area contributed by atoms with Crippen LogP contribution in [0.2, 0.25) is 5.02 Å². The Morgan fingerprint density at radius 2 is 1.57 bits per heavy atom. The number of hydrogen-bond donors (Lipinski definition) is 2. The Hall–Kier alpha value is -3.55. The van der Waals surface area contributed by atoms with Gasteiger partial charge in [-0.3, -0.25) is 14.9 Å². The largest absolute Gasteiger partial charge is 0.504 e. The minimum Gasteiger partial charge on any atom is -0.504 e. The van der Waals surface area contributed by atoms with Crippen LogP contribution in [0.25, 0.3) is 32.9 Å². The van der Waals surface area contributed by atoms with Gasteiger partial charge in [-0.25, -0.2) is 0 Å². The molecule has 0 aliphatic carbocycles. The zero-order valence-electron chi connectivity index (χ0n) is 25.1.